The Morgan fingerprint density at radius 2 is 2.10 bits per heavy atom. The summed E-state index contributed by atoms with van der Waals surface area (Å²) in [5, 5.41) is 3.51. The van der Waals surface area contributed by atoms with Crippen molar-refractivity contribution >= 4 is 0 Å². The van der Waals surface area contributed by atoms with Gasteiger partial charge in [-0.3, -0.25) is 4.98 Å². The number of hydrogen-bond acceptors (Lipinski definition) is 6. The highest BCUT2D eigenvalue weighted by Gasteiger charge is 2.27. The number of hydrogen-bond donors (Lipinski definition) is 1. The van der Waals surface area contributed by atoms with Gasteiger partial charge in [-0.15, -0.1) is 0 Å². The first kappa shape index (κ1) is 14.4. The second-order valence-electron chi connectivity index (χ2n) is 3.88. The molecule has 2 heterocycles. The van der Waals surface area contributed by atoms with E-state index in [0.29, 0.717) is 12.2 Å². The predicted molar refractivity (Wildman–Crippen MR) is 61.1 cm³/mol. The lowest BCUT2D eigenvalue weighted by molar-refractivity contribution is -0.177. The van der Waals surface area contributed by atoms with Crippen molar-refractivity contribution in [3.63, 3.8) is 0 Å². The average Bonchev–Trinajstić information content (AvgIpc) is 2.86. The fourth-order valence-corrected chi connectivity index (χ4v) is 1.35. The number of alkyl halides is 3. The zero-order chi connectivity index (χ0) is 14.6. The van der Waals surface area contributed by atoms with Crippen molar-refractivity contribution in [1.82, 2.24) is 15.1 Å². The Morgan fingerprint density at radius 1 is 1.30 bits per heavy atom. The number of nitrogens with zero attached hydrogens (tertiary/aromatic N) is 3. The van der Waals surface area contributed by atoms with Crippen LogP contribution in [0.3, 0.4) is 0 Å². The van der Waals surface area contributed by atoms with E-state index in [9.17, 15) is 13.2 Å². The molecule has 0 radical (unpaired) electrons. The standard InChI is InChI=1S/C11H11F3N4O2/c12-11(13,14)6-19-5-9-17-10(20-18-9)8-2-1-7(3-15)4-16-8/h1-2,4H,3,5-6,15H2. The largest absolute Gasteiger partial charge is 0.411 e. The number of ether oxygens (including phenoxy) is 1. The quantitative estimate of drug-likeness (QED) is 0.900. The molecule has 2 aromatic heterocycles. The molecule has 6 nitrogen and oxygen atoms in total. The molecule has 0 fully saturated rings. The minimum Gasteiger partial charge on any atom is -0.364 e. The highest BCUT2D eigenvalue weighted by Crippen LogP contribution is 2.17. The summed E-state index contributed by atoms with van der Waals surface area (Å²) in [6.45, 7) is -1.39. The molecule has 0 aromatic carbocycles. The van der Waals surface area contributed by atoms with Crippen LogP contribution in [0.25, 0.3) is 11.6 Å². The fourth-order valence-electron chi connectivity index (χ4n) is 1.35. The van der Waals surface area contributed by atoms with Crippen LogP contribution in [0.1, 0.15) is 11.4 Å². The molecule has 0 bridgehead atoms. The Hall–Kier alpha value is -2.00. The summed E-state index contributed by atoms with van der Waals surface area (Å²) < 4.78 is 45.0. The van der Waals surface area contributed by atoms with Crippen molar-refractivity contribution < 1.29 is 22.4 Å². The SMILES string of the molecule is NCc1ccc(-c2nc(COCC(F)(F)F)no2)nc1. The van der Waals surface area contributed by atoms with Crippen molar-refractivity contribution in [3.05, 3.63) is 29.7 Å². The van der Waals surface area contributed by atoms with Gasteiger partial charge in [0.25, 0.3) is 5.89 Å². The first-order valence-corrected chi connectivity index (χ1v) is 5.60. The van der Waals surface area contributed by atoms with E-state index in [2.05, 4.69) is 19.9 Å². The first-order chi connectivity index (χ1) is 9.48. The van der Waals surface area contributed by atoms with Crippen molar-refractivity contribution in [2.24, 2.45) is 5.73 Å². The van der Waals surface area contributed by atoms with E-state index in [0.717, 1.165) is 5.56 Å². The third-order valence-corrected chi connectivity index (χ3v) is 2.24. The number of aromatic nitrogens is 3. The molecule has 0 spiro atoms. The summed E-state index contributed by atoms with van der Waals surface area (Å²) in [4.78, 5) is 7.95. The van der Waals surface area contributed by atoms with Crippen LogP contribution in [-0.4, -0.2) is 27.9 Å². The lowest BCUT2D eigenvalue weighted by Crippen LogP contribution is -2.16. The van der Waals surface area contributed by atoms with Crippen molar-refractivity contribution in [3.8, 4) is 11.6 Å². The summed E-state index contributed by atoms with van der Waals surface area (Å²) >= 11 is 0. The Morgan fingerprint density at radius 3 is 2.70 bits per heavy atom. The molecular formula is C11H11F3N4O2. The van der Waals surface area contributed by atoms with Gasteiger partial charge < -0.3 is 15.0 Å². The topological polar surface area (TPSA) is 87.1 Å². The van der Waals surface area contributed by atoms with E-state index in [-0.39, 0.29) is 18.3 Å². The summed E-state index contributed by atoms with van der Waals surface area (Å²) in [6, 6.07) is 3.38. The highest BCUT2D eigenvalue weighted by atomic mass is 19.4. The van der Waals surface area contributed by atoms with Gasteiger partial charge in [0.05, 0.1) is 0 Å². The molecule has 20 heavy (non-hydrogen) atoms. The Balaban J connectivity index is 1.97. The minimum atomic E-state index is -4.38. The maximum absolute atomic E-state index is 11.9. The van der Waals surface area contributed by atoms with E-state index in [1.54, 1.807) is 18.3 Å². The molecule has 108 valence electrons. The molecule has 9 heteroatoms. The smallest absolute Gasteiger partial charge is 0.364 e. The van der Waals surface area contributed by atoms with Crippen molar-refractivity contribution in [2.45, 2.75) is 19.3 Å². The third kappa shape index (κ3) is 4.00. The molecule has 0 aliphatic heterocycles. The van der Waals surface area contributed by atoms with E-state index >= 15 is 0 Å². The van der Waals surface area contributed by atoms with Gasteiger partial charge in [-0.2, -0.15) is 18.2 Å². The molecule has 2 aromatic rings. The first-order valence-electron chi connectivity index (χ1n) is 5.60. The predicted octanol–water partition coefficient (Wildman–Crippen LogP) is 1.67. The summed E-state index contributed by atoms with van der Waals surface area (Å²) in [6.07, 6.45) is -2.83. The van der Waals surface area contributed by atoms with E-state index in [1.807, 2.05) is 0 Å². The van der Waals surface area contributed by atoms with Crippen LogP contribution in [0.5, 0.6) is 0 Å². The van der Waals surface area contributed by atoms with Gasteiger partial charge >= 0.3 is 6.18 Å². The number of rotatable bonds is 5. The third-order valence-electron chi connectivity index (χ3n) is 2.24. The van der Waals surface area contributed by atoms with Gasteiger partial charge in [0.1, 0.15) is 18.9 Å². The Labute approximate surface area is 111 Å². The van der Waals surface area contributed by atoms with Crippen LogP contribution in [-0.2, 0) is 17.9 Å². The molecule has 0 unspecified atom stereocenters. The zero-order valence-corrected chi connectivity index (χ0v) is 10.2. The molecule has 2 rings (SSSR count). The highest BCUT2D eigenvalue weighted by molar-refractivity contribution is 5.46. The summed E-state index contributed by atoms with van der Waals surface area (Å²) in [5.41, 5.74) is 6.68. The minimum absolute atomic E-state index is 0.0222. The summed E-state index contributed by atoms with van der Waals surface area (Å²) in [5.74, 6) is 0.133. The van der Waals surface area contributed by atoms with Gasteiger partial charge in [-0.05, 0) is 11.6 Å². The zero-order valence-electron chi connectivity index (χ0n) is 10.2. The van der Waals surface area contributed by atoms with Gasteiger partial charge in [0, 0.05) is 12.7 Å². The van der Waals surface area contributed by atoms with E-state index in [4.69, 9.17) is 10.3 Å². The lowest BCUT2D eigenvalue weighted by atomic mass is 10.2. The maximum Gasteiger partial charge on any atom is 0.411 e. The molecule has 0 saturated carbocycles. The maximum atomic E-state index is 11.9. The normalized spacial score (nSPS) is 11.8. The number of halogens is 3. The average molecular weight is 288 g/mol. The summed E-state index contributed by atoms with van der Waals surface area (Å²) in [7, 11) is 0. The van der Waals surface area contributed by atoms with Gasteiger partial charge in [0.15, 0.2) is 5.82 Å². The van der Waals surface area contributed by atoms with Crippen LogP contribution in [0.4, 0.5) is 13.2 Å². The Bertz CT molecular complexity index is 554. The van der Waals surface area contributed by atoms with E-state index in [1.165, 1.54) is 0 Å². The molecular weight excluding hydrogens is 277 g/mol. The van der Waals surface area contributed by atoms with Crippen LogP contribution in [0, 0.1) is 0 Å². The van der Waals surface area contributed by atoms with E-state index < -0.39 is 12.8 Å². The van der Waals surface area contributed by atoms with Crippen LogP contribution >= 0.6 is 0 Å². The molecule has 0 saturated heterocycles. The van der Waals surface area contributed by atoms with Crippen molar-refractivity contribution in [1.29, 1.82) is 0 Å². The Kier molecular flexibility index (Phi) is 4.30. The molecule has 2 N–H and O–H groups in total. The monoisotopic (exact) mass is 288 g/mol. The van der Waals surface area contributed by atoms with Gasteiger partial charge in [-0.1, -0.05) is 11.2 Å². The number of pyridine rings is 1. The second kappa shape index (κ2) is 5.97. The van der Waals surface area contributed by atoms with Gasteiger partial charge in [-0.25, -0.2) is 0 Å². The number of nitrogens with two attached hydrogens (primary N) is 1. The molecule has 0 aliphatic rings. The molecule has 0 amide bonds. The van der Waals surface area contributed by atoms with Crippen LogP contribution in [0.2, 0.25) is 0 Å². The molecule has 0 aliphatic carbocycles. The van der Waals surface area contributed by atoms with Gasteiger partial charge in [0.2, 0.25) is 0 Å². The van der Waals surface area contributed by atoms with Crippen molar-refractivity contribution in [2.75, 3.05) is 6.61 Å². The second-order valence-corrected chi connectivity index (χ2v) is 3.88. The molecule has 0 atom stereocenters. The van der Waals surface area contributed by atoms with Crippen LogP contribution < -0.4 is 5.73 Å². The van der Waals surface area contributed by atoms with Crippen LogP contribution in [0.15, 0.2) is 22.9 Å². The lowest BCUT2D eigenvalue weighted by Gasteiger charge is -2.04. The fraction of sp³-hybridized carbons (Fsp3) is 0.364.